The van der Waals surface area contributed by atoms with Crippen molar-refractivity contribution in [3.63, 3.8) is 0 Å². The van der Waals surface area contributed by atoms with E-state index in [-0.39, 0.29) is 8.16 Å². The van der Waals surface area contributed by atoms with Crippen molar-refractivity contribution in [2.75, 3.05) is 0 Å². The normalized spacial score (nSPS) is 11.2. The fraction of sp³-hybridized carbons (Fsp3) is 0. The molecule has 0 saturated carbocycles. The molecule has 1 N–H and O–H groups in total. The summed E-state index contributed by atoms with van der Waals surface area (Å²) in [5.41, 5.74) is 1.42. The van der Waals surface area contributed by atoms with Gasteiger partial charge in [0.2, 0.25) is 0 Å². The van der Waals surface area contributed by atoms with Crippen molar-refractivity contribution in [2.24, 2.45) is 0 Å². The van der Waals surface area contributed by atoms with Gasteiger partial charge in [0.1, 0.15) is 0 Å². The number of rotatable bonds is 2. The van der Waals surface area contributed by atoms with Gasteiger partial charge < -0.3 is 9.51 Å². The smallest absolute Gasteiger partial charge is 0.341 e. The Balaban J connectivity index is 2.38. The zero-order chi connectivity index (χ0) is 9.97. The van der Waals surface area contributed by atoms with E-state index in [1.165, 1.54) is 0 Å². The Morgan fingerprint density at radius 2 is 2.29 bits per heavy atom. The van der Waals surface area contributed by atoms with Crippen molar-refractivity contribution < 1.29 is 9.32 Å². The number of aromatic nitrogens is 1. The summed E-state index contributed by atoms with van der Waals surface area (Å²) in [7, 11) is -0.339. The van der Waals surface area contributed by atoms with Crippen LogP contribution in [0.25, 0.3) is 10.9 Å². The summed E-state index contributed by atoms with van der Waals surface area (Å²) in [6.45, 7) is 0. The van der Waals surface area contributed by atoms with Crippen molar-refractivity contribution >= 4 is 36.3 Å². The lowest BCUT2D eigenvalue weighted by atomic mass is 10.2. The summed E-state index contributed by atoms with van der Waals surface area (Å²) >= 11 is 5.32. The SMILES string of the molecule is O=C(OPCl)c1ccc2cc[nH]c2c1. The molecule has 0 aliphatic carbocycles. The summed E-state index contributed by atoms with van der Waals surface area (Å²) in [4.78, 5) is 14.3. The Hall–Kier alpha value is -1.05. The molecule has 0 radical (unpaired) electrons. The zero-order valence-corrected chi connectivity index (χ0v) is 8.84. The van der Waals surface area contributed by atoms with Crippen LogP contribution in [0.5, 0.6) is 0 Å². The second kappa shape index (κ2) is 3.99. The summed E-state index contributed by atoms with van der Waals surface area (Å²) < 4.78 is 4.69. The predicted molar refractivity (Wildman–Crippen MR) is 57.9 cm³/mol. The van der Waals surface area contributed by atoms with Crippen LogP contribution in [0.2, 0.25) is 0 Å². The van der Waals surface area contributed by atoms with Crippen LogP contribution in [0.3, 0.4) is 0 Å². The molecule has 5 heteroatoms. The fourth-order valence-corrected chi connectivity index (χ4v) is 1.67. The molecule has 2 rings (SSSR count). The van der Waals surface area contributed by atoms with Gasteiger partial charge in [-0.2, -0.15) is 0 Å². The largest absolute Gasteiger partial charge is 0.428 e. The summed E-state index contributed by atoms with van der Waals surface area (Å²) in [5, 5.41) is 1.06. The standard InChI is InChI=1S/C9H7ClNO2P/c10-14-13-9(12)7-2-1-6-3-4-11-8(6)5-7/h1-5,11,14H. The minimum atomic E-state index is -0.394. The topological polar surface area (TPSA) is 42.1 Å². The first-order chi connectivity index (χ1) is 6.81. The maximum absolute atomic E-state index is 11.3. The number of hydrogen-bond acceptors (Lipinski definition) is 2. The summed E-state index contributed by atoms with van der Waals surface area (Å²) in [6.07, 6.45) is 1.82. The van der Waals surface area contributed by atoms with Gasteiger partial charge in [0, 0.05) is 11.7 Å². The van der Waals surface area contributed by atoms with Crippen LogP contribution in [0.4, 0.5) is 0 Å². The molecule has 0 fully saturated rings. The predicted octanol–water partition coefficient (Wildman–Crippen LogP) is 3.07. The second-order valence-electron chi connectivity index (χ2n) is 2.75. The van der Waals surface area contributed by atoms with Crippen molar-refractivity contribution in [1.29, 1.82) is 0 Å². The average molecular weight is 228 g/mol. The summed E-state index contributed by atoms with van der Waals surface area (Å²) in [5.74, 6) is -0.394. The number of carbonyl (C=O) groups excluding carboxylic acids is 1. The lowest BCUT2D eigenvalue weighted by Crippen LogP contribution is -1.97. The number of aromatic amines is 1. The maximum atomic E-state index is 11.3. The molecule has 0 spiro atoms. The van der Waals surface area contributed by atoms with Crippen molar-refractivity contribution in [1.82, 2.24) is 4.98 Å². The number of hydrogen-bond donors (Lipinski definition) is 1. The molecule has 0 bridgehead atoms. The van der Waals surface area contributed by atoms with Crippen molar-refractivity contribution in [3.8, 4) is 0 Å². The van der Waals surface area contributed by atoms with E-state index in [2.05, 4.69) is 4.98 Å². The highest BCUT2D eigenvalue weighted by Crippen LogP contribution is 2.21. The van der Waals surface area contributed by atoms with E-state index in [1.54, 1.807) is 12.1 Å². The van der Waals surface area contributed by atoms with E-state index in [0.717, 1.165) is 10.9 Å². The first kappa shape index (κ1) is 9.50. The van der Waals surface area contributed by atoms with Crippen LogP contribution in [0.15, 0.2) is 30.5 Å². The van der Waals surface area contributed by atoms with Gasteiger partial charge in [0.15, 0.2) is 8.16 Å². The molecule has 1 atom stereocenters. The number of halogens is 1. The molecule has 1 heterocycles. The second-order valence-corrected chi connectivity index (χ2v) is 3.57. The molecule has 14 heavy (non-hydrogen) atoms. The van der Waals surface area contributed by atoms with E-state index in [0.29, 0.717) is 5.56 Å². The third-order valence-corrected chi connectivity index (χ3v) is 2.42. The van der Waals surface area contributed by atoms with E-state index >= 15 is 0 Å². The monoisotopic (exact) mass is 227 g/mol. The van der Waals surface area contributed by atoms with E-state index in [4.69, 9.17) is 15.8 Å². The third-order valence-electron chi connectivity index (χ3n) is 1.92. The van der Waals surface area contributed by atoms with Gasteiger partial charge in [-0.25, -0.2) is 4.79 Å². The molecule has 0 aliphatic heterocycles. The Labute approximate surface area is 87.1 Å². The molecule has 2 aromatic rings. The molecule has 3 nitrogen and oxygen atoms in total. The van der Waals surface area contributed by atoms with Crippen molar-refractivity contribution in [2.45, 2.75) is 0 Å². The Morgan fingerprint density at radius 1 is 1.43 bits per heavy atom. The number of carbonyl (C=O) groups is 1. The molecule has 1 unspecified atom stereocenters. The van der Waals surface area contributed by atoms with Gasteiger partial charge in [-0.1, -0.05) is 17.3 Å². The van der Waals surface area contributed by atoms with Gasteiger partial charge in [-0.3, -0.25) is 0 Å². The number of nitrogens with one attached hydrogen (secondary N) is 1. The van der Waals surface area contributed by atoms with Gasteiger partial charge in [-0.05, 0) is 23.6 Å². The van der Waals surface area contributed by atoms with Crippen LogP contribution in [0.1, 0.15) is 10.4 Å². The van der Waals surface area contributed by atoms with E-state index in [1.807, 2.05) is 18.3 Å². The molecule has 72 valence electrons. The van der Waals surface area contributed by atoms with E-state index in [9.17, 15) is 4.79 Å². The van der Waals surface area contributed by atoms with Crippen LogP contribution in [-0.4, -0.2) is 11.0 Å². The van der Waals surface area contributed by atoms with Gasteiger partial charge in [-0.15, -0.1) is 0 Å². The molecular weight excluding hydrogens is 221 g/mol. The number of fused-ring (bicyclic) bond motifs is 1. The van der Waals surface area contributed by atoms with Gasteiger partial charge in [0.25, 0.3) is 0 Å². The molecule has 1 aromatic heterocycles. The average Bonchev–Trinajstić information content (AvgIpc) is 2.64. The van der Waals surface area contributed by atoms with Gasteiger partial charge >= 0.3 is 5.97 Å². The summed E-state index contributed by atoms with van der Waals surface area (Å²) in [6, 6.07) is 7.26. The fourth-order valence-electron chi connectivity index (χ4n) is 1.27. The number of H-pyrrole nitrogens is 1. The molecule has 1 aromatic carbocycles. The van der Waals surface area contributed by atoms with Crippen LogP contribution < -0.4 is 0 Å². The van der Waals surface area contributed by atoms with Gasteiger partial charge in [0.05, 0.1) is 5.56 Å². The Morgan fingerprint density at radius 3 is 3.07 bits per heavy atom. The minimum Gasteiger partial charge on any atom is -0.428 e. The highest BCUT2D eigenvalue weighted by atomic mass is 35.7. The van der Waals surface area contributed by atoms with E-state index < -0.39 is 5.97 Å². The van der Waals surface area contributed by atoms with Crippen LogP contribution >= 0.6 is 19.4 Å². The molecule has 0 amide bonds. The molecular formula is C9H7ClNO2P. The van der Waals surface area contributed by atoms with Crippen molar-refractivity contribution in [3.05, 3.63) is 36.0 Å². The van der Waals surface area contributed by atoms with Crippen LogP contribution in [0, 0.1) is 0 Å². The quantitative estimate of drug-likeness (QED) is 0.801. The highest BCUT2D eigenvalue weighted by molar-refractivity contribution is 7.64. The highest BCUT2D eigenvalue weighted by Gasteiger charge is 2.07. The first-order valence-electron chi connectivity index (χ1n) is 3.95. The minimum absolute atomic E-state index is 0.339. The lowest BCUT2D eigenvalue weighted by molar-refractivity contribution is 0.0764. The molecule has 0 saturated heterocycles. The van der Waals surface area contributed by atoms with Crippen LogP contribution in [-0.2, 0) is 4.52 Å². The lowest BCUT2D eigenvalue weighted by Gasteiger charge is -1.99. The third kappa shape index (κ3) is 1.74. The zero-order valence-electron chi connectivity index (χ0n) is 7.08. The Bertz CT molecular complexity index is 469. The maximum Gasteiger partial charge on any atom is 0.341 e. The first-order valence-corrected chi connectivity index (χ1v) is 5.87. The molecule has 0 aliphatic rings. The number of benzene rings is 1. The Kier molecular flexibility index (Phi) is 2.71.